The van der Waals surface area contributed by atoms with Crippen molar-refractivity contribution < 1.29 is 4.39 Å². The summed E-state index contributed by atoms with van der Waals surface area (Å²) in [5.74, 6) is 0.722. The summed E-state index contributed by atoms with van der Waals surface area (Å²) in [6.45, 7) is 17.9. The van der Waals surface area contributed by atoms with Gasteiger partial charge in [0.25, 0.3) is 0 Å². The van der Waals surface area contributed by atoms with Gasteiger partial charge in [0.1, 0.15) is 5.82 Å². The van der Waals surface area contributed by atoms with Crippen LogP contribution in [0.25, 0.3) is 16.3 Å². The second-order valence-corrected chi connectivity index (χ2v) is 10.4. The van der Waals surface area contributed by atoms with Gasteiger partial charge in [-0.2, -0.15) is 0 Å². The van der Waals surface area contributed by atoms with Crippen LogP contribution in [0.3, 0.4) is 0 Å². The highest BCUT2D eigenvalue weighted by Crippen LogP contribution is 2.58. The van der Waals surface area contributed by atoms with Crippen molar-refractivity contribution in [1.82, 2.24) is 4.98 Å². The van der Waals surface area contributed by atoms with Crippen LogP contribution < -0.4 is 0 Å². The Hall–Kier alpha value is -2.22. The van der Waals surface area contributed by atoms with Crippen LogP contribution in [0.5, 0.6) is 0 Å². The van der Waals surface area contributed by atoms with Crippen LogP contribution in [0.2, 0.25) is 0 Å². The summed E-state index contributed by atoms with van der Waals surface area (Å²) < 4.78 is 15.2. The van der Waals surface area contributed by atoms with Crippen molar-refractivity contribution >= 4 is 16.3 Å². The van der Waals surface area contributed by atoms with E-state index in [1.54, 1.807) is 6.20 Å². The topological polar surface area (TPSA) is 12.9 Å². The van der Waals surface area contributed by atoms with Crippen molar-refractivity contribution in [3.63, 3.8) is 0 Å². The molecule has 0 N–H and O–H groups in total. The Labute approximate surface area is 187 Å². The summed E-state index contributed by atoms with van der Waals surface area (Å²) in [7, 11) is 0. The van der Waals surface area contributed by atoms with E-state index in [9.17, 15) is 0 Å². The molecule has 4 rings (SSSR count). The highest BCUT2D eigenvalue weighted by atomic mass is 19.1. The van der Waals surface area contributed by atoms with Gasteiger partial charge < -0.3 is 0 Å². The number of hydrogen-bond acceptors (Lipinski definition) is 1. The molecule has 2 heteroatoms. The summed E-state index contributed by atoms with van der Waals surface area (Å²) in [5.41, 5.74) is 6.78. The van der Waals surface area contributed by atoms with E-state index in [0.29, 0.717) is 22.8 Å². The Kier molecular flexibility index (Phi) is 5.27. The van der Waals surface area contributed by atoms with Crippen molar-refractivity contribution in [3.05, 3.63) is 70.3 Å². The summed E-state index contributed by atoms with van der Waals surface area (Å²) in [6.07, 6.45) is 11.0. The molecule has 3 unspecified atom stereocenters. The van der Waals surface area contributed by atoms with Gasteiger partial charge in [-0.15, -0.1) is 0 Å². The number of aryl methyl sites for hydroxylation is 1. The molecule has 0 saturated carbocycles. The molecule has 164 valence electrons. The number of nitrogens with zero attached hydrogens (tertiary/aromatic N) is 1. The third-order valence-electron chi connectivity index (χ3n) is 8.34. The maximum Gasteiger partial charge on any atom is 0.134 e. The van der Waals surface area contributed by atoms with E-state index in [2.05, 4.69) is 72.8 Å². The predicted octanol–water partition coefficient (Wildman–Crippen LogP) is 8.32. The lowest BCUT2D eigenvalue weighted by Crippen LogP contribution is -2.38. The molecule has 1 aromatic heterocycles. The highest BCUT2D eigenvalue weighted by Gasteiger charge is 2.46. The van der Waals surface area contributed by atoms with Gasteiger partial charge in [-0.25, -0.2) is 4.39 Å². The lowest BCUT2D eigenvalue weighted by atomic mass is 9.56. The number of fused-ring (bicyclic) bond motifs is 1. The van der Waals surface area contributed by atoms with Crippen LogP contribution in [0.4, 0.5) is 4.39 Å². The zero-order chi connectivity index (χ0) is 22.7. The van der Waals surface area contributed by atoms with Gasteiger partial charge >= 0.3 is 0 Å². The molecule has 2 aliphatic rings. The fourth-order valence-electron chi connectivity index (χ4n) is 6.32. The number of hydrogen-bond donors (Lipinski definition) is 0. The molecular formula is C29H36FN. The summed E-state index contributed by atoms with van der Waals surface area (Å²) in [6, 6.07) is 3.91. The molecule has 0 bridgehead atoms. The zero-order valence-corrected chi connectivity index (χ0v) is 20.4. The Bertz CT molecular complexity index is 1150. The Balaban J connectivity index is 2.13. The second kappa shape index (κ2) is 7.43. The van der Waals surface area contributed by atoms with Gasteiger partial charge in [-0.1, -0.05) is 70.9 Å². The summed E-state index contributed by atoms with van der Waals surface area (Å²) >= 11 is 0. The number of pyridine rings is 1. The van der Waals surface area contributed by atoms with Crippen LogP contribution in [-0.4, -0.2) is 4.98 Å². The van der Waals surface area contributed by atoms with Crippen LogP contribution in [-0.2, 0) is 5.41 Å². The molecule has 0 spiro atoms. The van der Waals surface area contributed by atoms with Crippen LogP contribution in [0.1, 0.15) is 78.1 Å². The molecule has 1 nitrogen and oxygen atoms in total. The molecular weight excluding hydrogens is 381 g/mol. The lowest BCUT2D eigenvalue weighted by Gasteiger charge is -2.48. The van der Waals surface area contributed by atoms with Gasteiger partial charge in [-0.05, 0) is 72.8 Å². The van der Waals surface area contributed by atoms with Crippen molar-refractivity contribution in [2.75, 3.05) is 0 Å². The molecule has 0 fully saturated rings. The fourth-order valence-corrected chi connectivity index (χ4v) is 6.32. The highest BCUT2D eigenvalue weighted by molar-refractivity contribution is 6.01. The Morgan fingerprint density at radius 1 is 1.32 bits per heavy atom. The molecule has 0 aliphatic heterocycles. The largest absolute Gasteiger partial charge is 0.256 e. The van der Waals surface area contributed by atoms with Crippen LogP contribution in [0, 0.1) is 30.0 Å². The van der Waals surface area contributed by atoms with Gasteiger partial charge in [0.2, 0.25) is 0 Å². The Morgan fingerprint density at radius 3 is 2.68 bits per heavy atom. The maximum atomic E-state index is 15.2. The first-order valence-corrected chi connectivity index (χ1v) is 11.7. The molecule has 1 heterocycles. The monoisotopic (exact) mass is 417 g/mol. The van der Waals surface area contributed by atoms with Gasteiger partial charge in [0, 0.05) is 22.4 Å². The molecule has 0 saturated heterocycles. The quantitative estimate of drug-likeness (QED) is 0.456. The minimum absolute atomic E-state index is 0.00194. The van der Waals surface area contributed by atoms with Crippen LogP contribution in [0.15, 0.2) is 47.7 Å². The van der Waals surface area contributed by atoms with E-state index in [0.717, 1.165) is 23.9 Å². The number of halogens is 1. The van der Waals surface area contributed by atoms with Crippen molar-refractivity contribution in [1.29, 1.82) is 0 Å². The fraction of sp³-hybridized carbons (Fsp3) is 0.483. The first-order chi connectivity index (χ1) is 14.6. The molecule has 2 aromatic rings. The summed E-state index contributed by atoms with van der Waals surface area (Å²) in [4.78, 5) is 4.93. The van der Waals surface area contributed by atoms with Gasteiger partial charge in [0.15, 0.2) is 0 Å². The standard InChI is InChI=1S/C29H36FN/c1-9-14-29(8,19(5)10-2)21-12-11-17(3)25-24(21)27-23-20(13-15-31-27)26(30)18(4)16-22(23)28(25,6)7/h9,11,13-16,19,21H,10,12H2,1-8H3. The van der Waals surface area contributed by atoms with E-state index < -0.39 is 0 Å². The van der Waals surface area contributed by atoms with E-state index in [1.807, 2.05) is 13.0 Å². The molecule has 0 radical (unpaired) electrons. The third-order valence-corrected chi connectivity index (χ3v) is 8.34. The number of rotatable bonds is 4. The van der Waals surface area contributed by atoms with E-state index in [4.69, 9.17) is 4.98 Å². The second-order valence-electron chi connectivity index (χ2n) is 10.4. The van der Waals surface area contributed by atoms with E-state index in [-0.39, 0.29) is 16.6 Å². The number of allylic oxidation sites excluding steroid dienone is 6. The van der Waals surface area contributed by atoms with Gasteiger partial charge in [0.05, 0.1) is 5.69 Å². The molecule has 31 heavy (non-hydrogen) atoms. The third kappa shape index (κ3) is 2.97. The summed E-state index contributed by atoms with van der Waals surface area (Å²) in [5, 5.41) is 1.72. The lowest BCUT2D eigenvalue weighted by molar-refractivity contribution is 0.198. The normalized spacial score (nSPS) is 23.0. The zero-order valence-electron chi connectivity index (χ0n) is 20.4. The molecule has 2 aliphatic carbocycles. The average molecular weight is 418 g/mol. The van der Waals surface area contributed by atoms with Gasteiger partial charge in [-0.3, -0.25) is 4.98 Å². The van der Waals surface area contributed by atoms with E-state index in [1.165, 1.54) is 22.3 Å². The number of benzene rings is 1. The molecule has 0 amide bonds. The van der Waals surface area contributed by atoms with Crippen LogP contribution >= 0.6 is 0 Å². The SMILES string of the molecule is CC=CC(C)(C(C)CC)C1CC=C(C)C2=C1c1nccc3c(F)c(C)cc(c13)C2(C)C. The smallest absolute Gasteiger partial charge is 0.134 e. The molecule has 1 aromatic carbocycles. The minimum atomic E-state index is -0.201. The minimum Gasteiger partial charge on any atom is -0.256 e. The average Bonchev–Trinajstić information content (AvgIpc) is 2.73. The number of aromatic nitrogens is 1. The maximum absolute atomic E-state index is 15.2. The van der Waals surface area contributed by atoms with Crippen molar-refractivity contribution in [3.8, 4) is 0 Å². The first kappa shape index (κ1) is 22.0. The predicted molar refractivity (Wildman–Crippen MR) is 131 cm³/mol. The van der Waals surface area contributed by atoms with Crippen molar-refractivity contribution in [2.45, 2.75) is 73.6 Å². The van der Waals surface area contributed by atoms with E-state index >= 15 is 4.39 Å². The molecule has 3 atom stereocenters. The Morgan fingerprint density at radius 2 is 2.03 bits per heavy atom. The van der Waals surface area contributed by atoms with Crippen molar-refractivity contribution in [2.24, 2.45) is 17.3 Å². The first-order valence-electron chi connectivity index (χ1n) is 11.7.